The maximum atomic E-state index is 12.9. The zero-order valence-corrected chi connectivity index (χ0v) is 10.4. The van der Waals surface area contributed by atoms with E-state index in [0.717, 1.165) is 18.3 Å². The van der Waals surface area contributed by atoms with E-state index in [4.69, 9.17) is 0 Å². The van der Waals surface area contributed by atoms with Crippen LogP contribution in [-0.2, 0) is 15.7 Å². The molecule has 0 fully saturated rings. The number of ether oxygens (including phenoxy) is 1. The van der Waals surface area contributed by atoms with Crippen LogP contribution < -0.4 is 0 Å². The summed E-state index contributed by atoms with van der Waals surface area (Å²) in [6.45, 7) is 1.57. The van der Waals surface area contributed by atoms with Gasteiger partial charge in [-0.15, -0.1) is 0 Å². The second-order valence-electron chi connectivity index (χ2n) is 4.07. The van der Waals surface area contributed by atoms with Gasteiger partial charge >= 0.3 is 12.1 Å². The summed E-state index contributed by atoms with van der Waals surface area (Å²) in [7, 11) is 0. The Bertz CT molecular complexity index is 593. The fourth-order valence-electron chi connectivity index (χ4n) is 1.92. The third-order valence-corrected chi connectivity index (χ3v) is 2.78. The number of aliphatic imine (C=N–C) groups is 1. The minimum atomic E-state index is -4.69. The van der Waals surface area contributed by atoms with Crippen LogP contribution in [0.4, 0.5) is 18.9 Å². The van der Waals surface area contributed by atoms with Crippen molar-refractivity contribution >= 4 is 23.7 Å². The third kappa shape index (κ3) is 2.43. The molecule has 1 aromatic rings. The van der Waals surface area contributed by atoms with Gasteiger partial charge in [0, 0.05) is 6.21 Å². The number of hydrogen-bond acceptors (Lipinski definition) is 4. The van der Waals surface area contributed by atoms with Gasteiger partial charge in [0.25, 0.3) is 0 Å². The van der Waals surface area contributed by atoms with Crippen molar-refractivity contribution in [2.45, 2.75) is 13.1 Å². The lowest BCUT2D eigenvalue weighted by atomic mass is 9.90. The molecule has 1 aliphatic rings. The molecule has 0 aliphatic carbocycles. The highest BCUT2D eigenvalue weighted by Crippen LogP contribution is 2.38. The Kier molecular flexibility index (Phi) is 3.61. The average molecular weight is 285 g/mol. The number of alkyl halides is 3. The van der Waals surface area contributed by atoms with E-state index in [1.165, 1.54) is 13.0 Å². The quantitative estimate of drug-likeness (QED) is 0.620. The Morgan fingerprint density at radius 3 is 2.70 bits per heavy atom. The first kappa shape index (κ1) is 14.2. The number of fused-ring (bicyclic) bond motifs is 1. The predicted molar refractivity (Wildman–Crippen MR) is 64.0 cm³/mol. The molecule has 0 N–H and O–H groups in total. The van der Waals surface area contributed by atoms with E-state index in [2.05, 4.69) is 9.73 Å². The topological polar surface area (TPSA) is 55.7 Å². The maximum absolute atomic E-state index is 12.9. The van der Waals surface area contributed by atoms with Crippen molar-refractivity contribution in [1.29, 1.82) is 0 Å². The van der Waals surface area contributed by atoms with Crippen LogP contribution >= 0.6 is 0 Å². The van der Waals surface area contributed by atoms with Crippen LogP contribution in [0.1, 0.15) is 22.8 Å². The van der Waals surface area contributed by atoms with Gasteiger partial charge in [-0.25, -0.2) is 0 Å². The molecule has 2 rings (SSSR count). The Hall–Kier alpha value is -2.18. The zero-order valence-electron chi connectivity index (χ0n) is 10.4. The van der Waals surface area contributed by atoms with E-state index < -0.39 is 35.0 Å². The number of benzene rings is 1. The molecule has 4 nitrogen and oxygen atoms in total. The standard InChI is InChI=1S/C13H10F3NO3/c1-2-20-12(19)7-6-17-9-5-3-4-8(13(14,15)16)10(9)11(7)18/h3-7H,2H2,1H3. The van der Waals surface area contributed by atoms with E-state index in [1.807, 2.05) is 0 Å². The summed E-state index contributed by atoms with van der Waals surface area (Å²) in [5.74, 6) is -3.27. The molecule has 1 atom stereocenters. The first-order valence-electron chi connectivity index (χ1n) is 5.81. The van der Waals surface area contributed by atoms with Crippen LogP contribution in [0.3, 0.4) is 0 Å². The highest BCUT2D eigenvalue weighted by atomic mass is 19.4. The number of Topliss-reactive ketones (excluding diaryl/α,β-unsaturated/α-hetero) is 1. The number of halogens is 3. The fraction of sp³-hybridized carbons (Fsp3) is 0.308. The summed E-state index contributed by atoms with van der Waals surface area (Å²) in [5, 5.41) is 0. The van der Waals surface area contributed by atoms with Crippen molar-refractivity contribution in [2.24, 2.45) is 10.9 Å². The average Bonchev–Trinajstić information content (AvgIpc) is 2.37. The fourth-order valence-corrected chi connectivity index (χ4v) is 1.92. The summed E-state index contributed by atoms with van der Waals surface area (Å²) in [4.78, 5) is 27.4. The zero-order chi connectivity index (χ0) is 14.9. The molecule has 0 saturated heterocycles. The van der Waals surface area contributed by atoms with Gasteiger partial charge in [-0.2, -0.15) is 13.2 Å². The molecule has 7 heteroatoms. The lowest BCUT2D eigenvalue weighted by Crippen LogP contribution is -2.31. The summed E-state index contributed by atoms with van der Waals surface area (Å²) in [6.07, 6.45) is -3.67. The van der Waals surface area contributed by atoms with Crippen LogP contribution in [0.2, 0.25) is 0 Å². The molecule has 1 heterocycles. The Balaban J connectivity index is 2.50. The number of rotatable bonds is 2. The van der Waals surface area contributed by atoms with E-state index in [0.29, 0.717) is 0 Å². The van der Waals surface area contributed by atoms with Crippen LogP contribution in [0.5, 0.6) is 0 Å². The van der Waals surface area contributed by atoms with Crippen molar-refractivity contribution in [2.75, 3.05) is 6.61 Å². The molecule has 106 valence electrons. The predicted octanol–water partition coefficient (Wildman–Crippen LogP) is 2.78. The van der Waals surface area contributed by atoms with Crippen molar-refractivity contribution in [3.8, 4) is 0 Å². The van der Waals surface area contributed by atoms with Crippen LogP contribution in [0.15, 0.2) is 23.2 Å². The molecular weight excluding hydrogens is 275 g/mol. The first-order chi connectivity index (χ1) is 9.36. The monoisotopic (exact) mass is 285 g/mol. The number of ketones is 1. The summed E-state index contributed by atoms with van der Waals surface area (Å²) in [5.41, 5.74) is -1.77. The molecule has 0 saturated carbocycles. The summed E-state index contributed by atoms with van der Waals surface area (Å²) in [6, 6.07) is 3.25. The Morgan fingerprint density at radius 2 is 2.10 bits per heavy atom. The molecule has 0 spiro atoms. The molecule has 1 unspecified atom stereocenters. The van der Waals surface area contributed by atoms with Crippen molar-refractivity contribution in [3.63, 3.8) is 0 Å². The van der Waals surface area contributed by atoms with Gasteiger partial charge in [0.1, 0.15) is 0 Å². The lowest BCUT2D eigenvalue weighted by molar-refractivity contribution is -0.144. The molecule has 20 heavy (non-hydrogen) atoms. The second-order valence-corrected chi connectivity index (χ2v) is 4.07. The van der Waals surface area contributed by atoms with Gasteiger partial charge in [0.2, 0.25) is 0 Å². The van der Waals surface area contributed by atoms with Crippen LogP contribution in [0, 0.1) is 5.92 Å². The molecule has 1 aliphatic heterocycles. The summed E-state index contributed by atoms with van der Waals surface area (Å²) < 4.78 is 43.4. The molecule has 0 aromatic heterocycles. The molecule has 0 bridgehead atoms. The van der Waals surface area contributed by atoms with Crippen LogP contribution in [0.25, 0.3) is 0 Å². The maximum Gasteiger partial charge on any atom is 0.417 e. The minimum Gasteiger partial charge on any atom is -0.465 e. The third-order valence-electron chi connectivity index (χ3n) is 2.78. The number of esters is 1. The van der Waals surface area contributed by atoms with Gasteiger partial charge < -0.3 is 4.74 Å². The Morgan fingerprint density at radius 1 is 1.40 bits per heavy atom. The van der Waals surface area contributed by atoms with Crippen LogP contribution in [-0.4, -0.2) is 24.6 Å². The highest BCUT2D eigenvalue weighted by Gasteiger charge is 2.41. The van der Waals surface area contributed by atoms with Crippen molar-refractivity contribution in [3.05, 3.63) is 29.3 Å². The number of nitrogens with zero attached hydrogens (tertiary/aromatic N) is 1. The van der Waals surface area contributed by atoms with Crippen molar-refractivity contribution in [1.82, 2.24) is 0 Å². The molecule has 0 amide bonds. The Labute approximate surface area is 112 Å². The molecular formula is C13H10F3NO3. The van der Waals surface area contributed by atoms with E-state index in [1.54, 1.807) is 0 Å². The van der Waals surface area contributed by atoms with E-state index in [9.17, 15) is 22.8 Å². The smallest absolute Gasteiger partial charge is 0.417 e. The van der Waals surface area contributed by atoms with Gasteiger partial charge in [0.05, 0.1) is 23.4 Å². The number of hydrogen-bond donors (Lipinski definition) is 0. The van der Waals surface area contributed by atoms with Gasteiger partial charge in [-0.3, -0.25) is 14.6 Å². The largest absolute Gasteiger partial charge is 0.465 e. The normalized spacial score (nSPS) is 17.8. The molecule has 1 aromatic carbocycles. The summed E-state index contributed by atoms with van der Waals surface area (Å²) >= 11 is 0. The number of carbonyl (C=O) groups excluding carboxylic acids is 2. The number of carbonyl (C=O) groups is 2. The van der Waals surface area contributed by atoms with Crippen molar-refractivity contribution < 1.29 is 27.5 Å². The minimum absolute atomic E-state index is 0.0320. The van der Waals surface area contributed by atoms with E-state index >= 15 is 0 Å². The molecule has 0 radical (unpaired) electrons. The van der Waals surface area contributed by atoms with Gasteiger partial charge in [-0.1, -0.05) is 6.07 Å². The van der Waals surface area contributed by atoms with Gasteiger partial charge in [0.15, 0.2) is 11.7 Å². The highest BCUT2D eigenvalue weighted by molar-refractivity contribution is 6.23. The van der Waals surface area contributed by atoms with E-state index in [-0.39, 0.29) is 12.3 Å². The van der Waals surface area contributed by atoms with Gasteiger partial charge in [-0.05, 0) is 19.1 Å². The first-order valence-corrected chi connectivity index (χ1v) is 5.81. The second kappa shape index (κ2) is 5.07. The SMILES string of the molecule is CCOC(=O)C1C=Nc2cccc(C(F)(F)F)c2C1=O. The lowest BCUT2D eigenvalue weighted by Gasteiger charge is -2.20.